The van der Waals surface area contributed by atoms with Gasteiger partial charge in [0.1, 0.15) is 0 Å². The Morgan fingerprint density at radius 1 is 1.13 bits per heavy atom. The summed E-state index contributed by atoms with van der Waals surface area (Å²) in [4.78, 5) is 0. The number of rotatable bonds is 2. The second kappa shape index (κ2) is 4.42. The minimum absolute atomic E-state index is 0.458. The van der Waals surface area contributed by atoms with Gasteiger partial charge in [-0.25, -0.2) is 0 Å². The molecule has 0 amide bonds. The van der Waals surface area contributed by atoms with Crippen LogP contribution < -0.4 is 11.1 Å². The topological polar surface area (TPSA) is 38.0 Å². The maximum atomic E-state index is 5.94. The number of hydrogen-bond donors (Lipinski definition) is 2. The first-order valence-corrected chi connectivity index (χ1v) is 6.57. The van der Waals surface area contributed by atoms with Gasteiger partial charge in [-0.3, -0.25) is 0 Å². The van der Waals surface area contributed by atoms with Crippen LogP contribution >= 0.6 is 0 Å². The molecule has 15 heavy (non-hydrogen) atoms. The Balaban J connectivity index is 1.79. The van der Waals surface area contributed by atoms with Gasteiger partial charge in [-0.15, -0.1) is 0 Å². The predicted molar refractivity (Wildman–Crippen MR) is 64.8 cm³/mol. The van der Waals surface area contributed by atoms with Gasteiger partial charge in [0.05, 0.1) is 0 Å². The van der Waals surface area contributed by atoms with E-state index in [0.717, 1.165) is 6.04 Å². The van der Waals surface area contributed by atoms with Crippen LogP contribution in [0.4, 0.5) is 0 Å². The van der Waals surface area contributed by atoms with E-state index in [1.54, 1.807) is 0 Å². The molecule has 0 aromatic carbocycles. The van der Waals surface area contributed by atoms with Crippen molar-refractivity contribution in [1.82, 2.24) is 5.32 Å². The van der Waals surface area contributed by atoms with E-state index in [1.165, 1.54) is 44.9 Å². The molecular weight excluding hydrogens is 184 g/mol. The van der Waals surface area contributed by atoms with Crippen molar-refractivity contribution in [3.05, 3.63) is 0 Å². The van der Waals surface area contributed by atoms with Crippen LogP contribution in [0.2, 0.25) is 0 Å². The summed E-state index contributed by atoms with van der Waals surface area (Å²) in [5.74, 6) is 0. The molecule has 2 rings (SSSR count). The number of nitrogens with one attached hydrogen (secondary N) is 1. The van der Waals surface area contributed by atoms with Crippen molar-refractivity contribution in [2.45, 2.75) is 76.9 Å². The zero-order chi connectivity index (χ0) is 10.9. The molecule has 0 heterocycles. The lowest BCUT2D eigenvalue weighted by molar-refractivity contribution is 0.189. The van der Waals surface area contributed by atoms with E-state index in [0.29, 0.717) is 17.5 Å². The Labute approximate surface area is 94.0 Å². The molecule has 0 radical (unpaired) electrons. The van der Waals surface area contributed by atoms with Crippen LogP contribution in [0, 0.1) is 5.41 Å². The second-order valence-corrected chi connectivity index (χ2v) is 6.39. The minimum atomic E-state index is 0.458. The van der Waals surface area contributed by atoms with Crippen LogP contribution in [-0.2, 0) is 0 Å². The molecule has 3 atom stereocenters. The minimum Gasteiger partial charge on any atom is -0.328 e. The standard InChI is InChI=1S/C13H26N2/c1-13(2)7-3-4-12(9-13)15-11-6-5-10(14)8-11/h10-12,15H,3-9,14H2,1-2H3. The largest absolute Gasteiger partial charge is 0.328 e. The number of hydrogen-bond acceptors (Lipinski definition) is 2. The van der Waals surface area contributed by atoms with Gasteiger partial charge in [-0.2, -0.15) is 0 Å². The molecule has 3 unspecified atom stereocenters. The smallest absolute Gasteiger partial charge is 0.00849 e. The van der Waals surface area contributed by atoms with E-state index in [2.05, 4.69) is 19.2 Å². The molecule has 2 saturated carbocycles. The lowest BCUT2D eigenvalue weighted by atomic mass is 9.75. The highest BCUT2D eigenvalue weighted by atomic mass is 15.0. The van der Waals surface area contributed by atoms with Crippen molar-refractivity contribution in [3.63, 3.8) is 0 Å². The van der Waals surface area contributed by atoms with Gasteiger partial charge < -0.3 is 11.1 Å². The zero-order valence-electron chi connectivity index (χ0n) is 10.3. The summed E-state index contributed by atoms with van der Waals surface area (Å²) in [7, 11) is 0. The average molecular weight is 210 g/mol. The molecule has 0 spiro atoms. The van der Waals surface area contributed by atoms with Gasteiger partial charge in [0, 0.05) is 18.1 Å². The fourth-order valence-corrected chi connectivity index (χ4v) is 3.34. The molecule has 0 bridgehead atoms. The highest BCUT2D eigenvalue weighted by molar-refractivity contribution is 4.89. The van der Waals surface area contributed by atoms with Crippen molar-refractivity contribution < 1.29 is 0 Å². The summed E-state index contributed by atoms with van der Waals surface area (Å²) in [6, 6.07) is 1.92. The molecule has 2 aliphatic rings. The Bertz CT molecular complexity index is 213. The third kappa shape index (κ3) is 3.18. The van der Waals surface area contributed by atoms with Crippen molar-refractivity contribution in [3.8, 4) is 0 Å². The summed E-state index contributed by atoms with van der Waals surface area (Å²) in [5, 5.41) is 3.82. The van der Waals surface area contributed by atoms with Crippen LogP contribution in [0.3, 0.4) is 0 Å². The summed E-state index contributed by atoms with van der Waals surface area (Å²) < 4.78 is 0. The maximum absolute atomic E-state index is 5.94. The van der Waals surface area contributed by atoms with Crippen molar-refractivity contribution >= 4 is 0 Å². The molecule has 88 valence electrons. The van der Waals surface area contributed by atoms with E-state index in [9.17, 15) is 0 Å². The van der Waals surface area contributed by atoms with E-state index in [1.807, 2.05) is 0 Å². The SMILES string of the molecule is CC1(C)CCCC(NC2CCC(N)C2)C1. The van der Waals surface area contributed by atoms with E-state index >= 15 is 0 Å². The third-order valence-corrected chi connectivity index (χ3v) is 4.15. The predicted octanol–water partition coefficient (Wildman–Crippen LogP) is 2.42. The van der Waals surface area contributed by atoms with Gasteiger partial charge in [-0.1, -0.05) is 20.3 Å². The summed E-state index contributed by atoms with van der Waals surface area (Å²) in [5.41, 5.74) is 6.50. The Kier molecular flexibility index (Phi) is 3.36. The number of nitrogens with two attached hydrogens (primary N) is 1. The Morgan fingerprint density at radius 2 is 1.93 bits per heavy atom. The normalized spacial score (nSPS) is 40.6. The molecule has 2 fully saturated rings. The molecule has 0 saturated heterocycles. The highest BCUT2D eigenvalue weighted by Gasteiger charge is 2.30. The first-order chi connectivity index (χ1) is 7.05. The Morgan fingerprint density at radius 3 is 2.53 bits per heavy atom. The van der Waals surface area contributed by atoms with Gasteiger partial charge in [0.25, 0.3) is 0 Å². The van der Waals surface area contributed by atoms with Crippen LogP contribution in [-0.4, -0.2) is 18.1 Å². The van der Waals surface area contributed by atoms with Crippen LogP contribution in [0.15, 0.2) is 0 Å². The van der Waals surface area contributed by atoms with E-state index < -0.39 is 0 Å². The molecule has 3 N–H and O–H groups in total. The van der Waals surface area contributed by atoms with Crippen molar-refractivity contribution in [1.29, 1.82) is 0 Å². The molecular formula is C13H26N2. The molecule has 2 heteroatoms. The maximum Gasteiger partial charge on any atom is 0.00849 e. The van der Waals surface area contributed by atoms with Crippen LogP contribution in [0.25, 0.3) is 0 Å². The molecule has 2 nitrogen and oxygen atoms in total. The molecule has 0 aliphatic heterocycles. The van der Waals surface area contributed by atoms with Crippen LogP contribution in [0.1, 0.15) is 58.8 Å². The van der Waals surface area contributed by atoms with Crippen LogP contribution in [0.5, 0.6) is 0 Å². The van der Waals surface area contributed by atoms with Gasteiger partial charge >= 0.3 is 0 Å². The summed E-state index contributed by atoms with van der Waals surface area (Å²) in [6.07, 6.45) is 9.20. The molecule has 0 aromatic rings. The quantitative estimate of drug-likeness (QED) is 0.734. The lowest BCUT2D eigenvalue weighted by Gasteiger charge is -2.37. The fraction of sp³-hybridized carbons (Fsp3) is 1.00. The fourth-order valence-electron chi connectivity index (χ4n) is 3.34. The van der Waals surface area contributed by atoms with Gasteiger partial charge in [0.15, 0.2) is 0 Å². The molecule has 2 aliphatic carbocycles. The van der Waals surface area contributed by atoms with E-state index in [-0.39, 0.29) is 0 Å². The van der Waals surface area contributed by atoms with Crippen molar-refractivity contribution in [2.75, 3.05) is 0 Å². The van der Waals surface area contributed by atoms with E-state index in [4.69, 9.17) is 5.73 Å². The first-order valence-electron chi connectivity index (χ1n) is 6.57. The summed E-state index contributed by atoms with van der Waals surface area (Å²) >= 11 is 0. The van der Waals surface area contributed by atoms with Gasteiger partial charge in [0.2, 0.25) is 0 Å². The summed E-state index contributed by atoms with van der Waals surface area (Å²) in [6.45, 7) is 4.81. The first kappa shape index (κ1) is 11.4. The average Bonchev–Trinajstić information content (AvgIpc) is 2.49. The van der Waals surface area contributed by atoms with Gasteiger partial charge in [-0.05, 0) is 43.9 Å². The third-order valence-electron chi connectivity index (χ3n) is 4.15. The molecule has 0 aromatic heterocycles. The highest BCUT2D eigenvalue weighted by Crippen LogP contribution is 2.35. The van der Waals surface area contributed by atoms with Crippen molar-refractivity contribution in [2.24, 2.45) is 11.1 Å². The lowest BCUT2D eigenvalue weighted by Crippen LogP contribution is -2.42. The Hall–Kier alpha value is -0.0800. The second-order valence-electron chi connectivity index (χ2n) is 6.39. The monoisotopic (exact) mass is 210 g/mol. The zero-order valence-corrected chi connectivity index (χ0v) is 10.3.